The molecule has 0 saturated carbocycles. The molecule has 4 nitrogen and oxygen atoms in total. The van der Waals surface area contributed by atoms with E-state index in [1.54, 1.807) is 0 Å². The minimum absolute atomic E-state index is 0.139. The normalized spacial score (nSPS) is 10.5. The van der Waals surface area contributed by atoms with Gasteiger partial charge in [0.15, 0.2) is 0 Å². The van der Waals surface area contributed by atoms with E-state index in [-0.39, 0.29) is 8.95 Å². The average molecular weight is 436 g/mol. The molecule has 0 amide bonds. The van der Waals surface area contributed by atoms with E-state index in [0.717, 1.165) is 24.3 Å². The van der Waals surface area contributed by atoms with Gasteiger partial charge in [-0.1, -0.05) is 31.9 Å². The van der Waals surface area contributed by atoms with Crippen LogP contribution in [0.5, 0.6) is 0 Å². The van der Waals surface area contributed by atoms with Crippen LogP contribution in [-0.4, -0.2) is 22.2 Å². The van der Waals surface area contributed by atoms with E-state index in [0.29, 0.717) is 0 Å². The second kappa shape index (κ2) is 6.13. The first-order chi connectivity index (χ1) is 10.2. The highest BCUT2D eigenvalue weighted by Crippen LogP contribution is 2.36. The predicted octanol–water partition coefficient (Wildman–Crippen LogP) is 4.55. The first kappa shape index (κ1) is 16.6. The summed E-state index contributed by atoms with van der Waals surface area (Å²) in [4.78, 5) is 22.6. The van der Waals surface area contributed by atoms with Crippen LogP contribution in [0.25, 0.3) is 11.1 Å². The van der Waals surface area contributed by atoms with Crippen LogP contribution in [0.15, 0.2) is 33.2 Å². The van der Waals surface area contributed by atoms with Crippen LogP contribution in [0, 0.1) is 11.6 Å². The standard InChI is InChI=1S/C14H6Br2F2O4/c15-5-1-7(13(19)20)11(9(17)3-5)12-8(14(21)22)2-6(16)4-10(12)18/h1-4H,(H,19,20)(H,21,22). The van der Waals surface area contributed by atoms with E-state index >= 15 is 0 Å². The summed E-state index contributed by atoms with van der Waals surface area (Å²) in [5, 5.41) is 18.4. The molecule has 2 aromatic rings. The van der Waals surface area contributed by atoms with Crippen molar-refractivity contribution in [3.63, 3.8) is 0 Å². The second-order valence-electron chi connectivity index (χ2n) is 4.23. The molecule has 0 saturated heterocycles. The van der Waals surface area contributed by atoms with E-state index in [1.165, 1.54) is 0 Å². The molecule has 0 atom stereocenters. The summed E-state index contributed by atoms with van der Waals surface area (Å²) in [6.07, 6.45) is 0. The number of aromatic carboxylic acids is 2. The number of carbonyl (C=O) groups is 2. The lowest BCUT2D eigenvalue weighted by Crippen LogP contribution is -2.08. The van der Waals surface area contributed by atoms with Gasteiger partial charge in [-0.25, -0.2) is 18.4 Å². The molecule has 2 rings (SSSR count). The van der Waals surface area contributed by atoms with Crippen LogP contribution in [0.4, 0.5) is 8.78 Å². The molecule has 114 valence electrons. The zero-order valence-electron chi connectivity index (χ0n) is 10.5. The average Bonchev–Trinajstić information content (AvgIpc) is 2.38. The number of hydrogen-bond acceptors (Lipinski definition) is 2. The van der Waals surface area contributed by atoms with Crippen molar-refractivity contribution in [3.8, 4) is 11.1 Å². The van der Waals surface area contributed by atoms with E-state index in [2.05, 4.69) is 31.9 Å². The van der Waals surface area contributed by atoms with Crippen LogP contribution in [0.1, 0.15) is 20.7 Å². The van der Waals surface area contributed by atoms with E-state index in [4.69, 9.17) is 0 Å². The number of halogens is 4. The van der Waals surface area contributed by atoms with Crippen molar-refractivity contribution in [1.29, 1.82) is 0 Å². The van der Waals surface area contributed by atoms with Gasteiger partial charge in [0, 0.05) is 20.1 Å². The number of rotatable bonds is 3. The highest BCUT2D eigenvalue weighted by molar-refractivity contribution is 9.10. The number of carboxylic acid groups (broad SMARTS) is 2. The first-order valence-electron chi connectivity index (χ1n) is 5.67. The molecular weight excluding hydrogens is 430 g/mol. The number of benzene rings is 2. The van der Waals surface area contributed by atoms with Crippen LogP contribution in [0.3, 0.4) is 0 Å². The quantitative estimate of drug-likeness (QED) is 0.741. The third kappa shape index (κ3) is 3.02. The maximum atomic E-state index is 14.2. The van der Waals surface area contributed by atoms with Gasteiger partial charge >= 0.3 is 11.9 Å². The summed E-state index contributed by atoms with van der Waals surface area (Å²) in [5.74, 6) is -5.10. The summed E-state index contributed by atoms with van der Waals surface area (Å²) in [6, 6.07) is 4.03. The molecule has 0 radical (unpaired) electrons. The smallest absolute Gasteiger partial charge is 0.336 e. The lowest BCUT2D eigenvalue weighted by molar-refractivity contribution is 0.0683. The lowest BCUT2D eigenvalue weighted by Gasteiger charge is -2.13. The monoisotopic (exact) mass is 434 g/mol. The molecule has 0 heterocycles. The minimum Gasteiger partial charge on any atom is -0.478 e. The summed E-state index contributed by atoms with van der Waals surface area (Å²) in [7, 11) is 0. The fraction of sp³-hybridized carbons (Fsp3) is 0. The van der Waals surface area contributed by atoms with Crippen molar-refractivity contribution in [2.75, 3.05) is 0 Å². The summed E-state index contributed by atoms with van der Waals surface area (Å²) >= 11 is 5.89. The maximum absolute atomic E-state index is 14.2. The Morgan fingerprint density at radius 2 is 1.09 bits per heavy atom. The molecule has 2 N–H and O–H groups in total. The Labute approximate surface area is 139 Å². The van der Waals surface area contributed by atoms with Crippen molar-refractivity contribution in [2.45, 2.75) is 0 Å². The molecule has 0 aliphatic heterocycles. The molecule has 0 bridgehead atoms. The Hall–Kier alpha value is -1.80. The maximum Gasteiger partial charge on any atom is 0.336 e. The molecule has 0 aromatic heterocycles. The van der Waals surface area contributed by atoms with Crippen LogP contribution < -0.4 is 0 Å². The van der Waals surface area contributed by atoms with Crippen molar-refractivity contribution in [1.82, 2.24) is 0 Å². The summed E-state index contributed by atoms with van der Waals surface area (Å²) in [5.41, 5.74) is -2.32. The lowest BCUT2D eigenvalue weighted by atomic mass is 9.94. The number of carboxylic acids is 2. The molecule has 2 aromatic carbocycles. The van der Waals surface area contributed by atoms with Gasteiger partial charge in [-0.15, -0.1) is 0 Å². The van der Waals surface area contributed by atoms with Crippen molar-refractivity contribution < 1.29 is 28.6 Å². The van der Waals surface area contributed by atoms with Gasteiger partial charge < -0.3 is 10.2 Å². The van der Waals surface area contributed by atoms with Crippen molar-refractivity contribution in [3.05, 3.63) is 56.0 Å². The van der Waals surface area contributed by atoms with Crippen LogP contribution >= 0.6 is 31.9 Å². The van der Waals surface area contributed by atoms with E-state index < -0.39 is 45.8 Å². The van der Waals surface area contributed by atoms with Gasteiger partial charge in [0.1, 0.15) is 11.6 Å². The fourth-order valence-corrected chi connectivity index (χ4v) is 2.85. The second-order valence-corrected chi connectivity index (χ2v) is 6.06. The largest absolute Gasteiger partial charge is 0.478 e. The third-order valence-corrected chi connectivity index (χ3v) is 3.74. The Bertz CT molecular complexity index is 738. The Morgan fingerprint density at radius 3 is 1.36 bits per heavy atom. The summed E-state index contributed by atoms with van der Waals surface area (Å²) < 4.78 is 28.7. The SMILES string of the molecule is O=C(O)c1cc(Br)cc(F)c1-c1c(F)cc(Br)cc1C(=O)O. The van der Waals surface area contributed by atoms with Gasteiger partial charge in [-0.3, -0.25) is 0 Å². The molecule has 0 unspecified atom stereocenters. The molecule has 0 spiro atoms. The zero-order chi connectivity index (χ0) is 16.6. The van der Waals surface area contributed by atoms with Gasteiger partial charge in [0.25, 0.3) is 0 Å². The van der Waals surface area contributed by atoms with Crippen LogP contribution in [-0.2, 0) is 0 Å². The molecular formula is C14H6Br2F2O4. The first-order valence-corrected chi connectivity index (χ1v) is 7.26. The van der Waals surface area contributed by atoms with Crippen molar-refractivity contribution >= 4 is 43.8 Å². The van der Waals surface area contributed by atoms with E-state index in [1.807, 2.05) is 0 Å². The highest BCUT2D eigenvalue weighted by Gasteiger charge is 2.25. The molecule has 0 aliphatic carbocycles. The molecule has 0 fully saturated rings. The number of hydrogen-bond donors (Lipinski definition) is 2. The topological polar surface area (TPSA) is 74.6 Å². The minimum atomic E-state index is -1.51. The molecule has 8 heteroatoms. The summed E-state index contributed by atoms with van der Waals surface area (Å²) in [6.45, 7) is 0. The Balaban J connectivity index is 2.94. The molecule has 22 heavy (non-hydrogen) atoms. The highest BCUT2D eigenvalue weighted by atomic mass is 79.9. The van der Waals surface area contributed by atoms with Crippen LogP contribution in [0.2, 0.25) is 0 Å². The van der Waals surface area contributed by atoms with Gasteiger partial charge in [0.05, 0.1) is 11.1 Å². The van der Waals surface area contributed by atoms with Gasteiger partial charge in [-0.2, -0.15) is 0 Å². The van der Waals surface area contributed by atoms with E-state index in [9.17, 15) is 28.6 Å². The third-order valence-electron chi connectivity index (χ3n) is 2.82. The fourth-order valence-electron chi connectivity index (χ4n) is 1.99. The van der Waals surface area contributed by atoms with Gasteiger partial charge in [0.2, 0.25) is 0 Å². The Kier molecular flexibility index (Phi) is 4.62. The molecule has 0 aliphatic rings. The zero-order valence-corrected chi connectivity index (χ0v) is 13.7. The predicted molar refractivity (Wildman–Crippen MR) is 81.1 cm³/mol. The Morgan fingerprint density at radius 1 is 0.773 bits per heavy atom. The van der Waals surface area contributed by atoms with Crippen molar-refractivity contribution in [2.24, 2.45) is 0 Å². The van der Waals surface area contributed by atoms with Gasteiger partial charge in [-0.05, 0) is 24.3 Å².